The van der Waals surface area contributed by atoms with Crippen molar-refractivity contribution in [2.45, 2.75) is 26.3 Å². The van der Waals surface area contributed by atoms with Crippen LogP contribution in [0.2, 0.25) is 0 Å². The Morgan fingerprint density at radius 1 is 1.21 bits per heavy atom. The molecule has 5 heteroatoms. The van der Waals surface area contributed by atoms with Gasteiger partial charge in [-0.25, -0.2) is 15.0 Å². The SMILES string of the molecule is COc1cc(CNc2cc(C(C)C)ncn2)ccn1. The van der Waals surface area contributed by atoms with E-state index < -0.39 is 0 Å². The Morgan fingerprint density at radius 3 is 2.79 bits per heavy atom. The number of nitrogens with one attached hydrogen (secondary N) is 1. The summed E-state index contributed by atoms with van der Waals surface area (Å²) in [6.07, 6.45) is 3.32. The molecular formula is C14H18N4O. The summed E-state index contributed by atoms with van der Waals surface area (Å²) >= 11 is 0. The highest BCUT2D eigenvalue weighted by Crippen LogP contribution is 2.15. The summed E-state index contributed by atoms with van der Waals surface area (Å²) in [6.45, 7) is 4.90. The van der Waals surface area contributed by atoms with Crippen LogP contribution in [0, 0.1) is 0 Å². The van der Waals surface area contributed by atoms with Gasteiger partial charge >= 0.3 is 0 Å². The van der Waals surface area contributed by atoms with Gasteiger partial charge in [0.05, 0.1) is 7.11 Å². The van der Waals surface area contributed by atoms with Crippen molar-refractivity contribution in [3.05, 3.63) is 42.0 Å². The Labute approximate surface area is 113 Å². The first kappa shape index (κ1) is 13.3. The first-order chi connectivity index (χ1) is 9.19. The molecule has 0 unspecified atom stereocenters. The molecular weight excluding hydrogens is 240 g/mol. The minimum Gasteiger partial charge on any atom is -0.481 e. The van der Waals surface area contributed by atoms with Crippen LogP contribution >= 0.6 is 0 Å². The van der Waals surface area contributed by atoms with Gasteiger partial charge in [-0.1, -0.05) is 13.8 Å². The number of methoxy groups -OCH3 is 1. The molecule has 2 aromatic rings. The smallest absolute Gasteiger partial charge is 0.213 e. The minimum atomic E-state index is 0.393. The normalized spacial score (nSPS) is 10.5. The van der Waals surface area contributed by atoms with Gasteiger partial charge in [-0.3, -0.25) is 0 Å². The Hall–Kier alpha value is -2.17. The summed E-state index contributed by atoms with van der Waals surface area (Å²) in [5.41, 5.74) is 2.13. The molecule has 0 aliphatic carbocycles. The van der Waals surface area contributed by atoms with Crippen LogP contribution in [0.3, 0.4) is 0 Å². The van der Waals surface area contributed by atoms with E-state index in [4.69, 9.17) is 4.74 Å². The molecule has 0 spiro atoms. The van der Waals surface area contributed by atoms with Crippen LogP contribution in [-0.2, 0) is 6.54 Å². The molecule has 100 valence electrons. The third-order valence-corrected chi connectivity index (χ3v) is 2.76. The number of rotatable bonds is 5. The molecule has 0 radical (unpaired) electrons. The van der Waals surface area contributed by atoms with Gasteiger partial charge in [-0.05, 0) is 17.5 Å². The maximum atomic E-state index is 5.09. The lowest BCUT2D eigenvalue weighted by Gasteiger charge is -2.09. The molecule has 0 atom stereocenters. The van der Waals surface area contributed by atoms with Crippen molar-refractivity contribution >= 4 is 5.82 Å². The van der Waals surface area contributed by atoms with E-state index >= 15 is 0 Å². The fourth-order valence-electron chi connectivity index (χ4n) is 1.65. The zero-order valence-electron chi connectivity index (χ0n) is 11.4. The van der Waals surface area contributed by atoms with Gasteiger partial charge in [0.25, 0.3) is 0 Å². The number of nitrogens with zero attached hydrogens (tertiary/aromatic N) is 3. The van der Waals surface area contributed by atoms with Crippen molar-refractivity contribution in [1.82, 2.24) is 15.0 Å². The van der Waals surface area contributed by atoms with Crippen LogP contribution in [-0.4, -0.2) is 22.1 Å². The largest absolute Gasteiger partial charge is 0.481 e. The number of pyridine rings is 1. The van der Waals surface area contributed by atoms with Crippen LogP contribution in [0.5, 0.6) is 5.88 Å². The molecule has 2 rings (SSSR count). The van der Waals surface area contributed by atoms with E-state index in [2.05, 4.69) is 34.1 Å². The molecule has 5 nitrogen and oxygen atoms in total. The number of aromatic nitrogens is 3. The van der Waals surface area contributed by atoms with Gasteiger partial charge in [0.1, 0.15) is 12.1 Å². The zero-order chi connectivity index (χ0) is 13.7. The van der Waals surface area contributed by atoms with E-state index in [9.17, 15) is 0 Å². The first-order valence-corrected chi connectivity index (χ1v) is 6.23. The van der Waals surface area contributed by atoms with E-state index in [1.165, 1.54) is 0 Å². The van der Waals surface area contributed by atoms with Crippen molar-refractivity contribution in [1.29, 1.82) is 0 Å². The molecule has 0 fully saturated rings. The quantitative estimate of drug-likeness (QED) is 0.893. The standard InChI is InChI=1S/C14H18N4O/c1-10(2)12-7-13(18-9-17-12)16-8-11-4-5-15-14(6-11)19-3/h4-7,9-10H,8H2,1-3H3,(H,16,17,18). The van der Waals surface area contributed by atoms with Crippen LogP contribution in [0.1, 0.15) is 31.0 Å². The molecule has 0 aromatic carbocycles. The third kappa shape index (κ3) is 3.64. The fourth-order valence-corrected chi connectivity index (χ4v) is 1.65. The van der Waals surface area contributed by atoms with Gasteiger partial charge in [0.2, 0.25) is 5.88 Å². The lowest BCUT2D eigenvalue weighted by Crippen LogP contribution is -2.04. The van der Waals surface area contributed by atoms with Gasteiger partial charge in [-0.2, -0.15) is 0 Å². The second-order valence-electron chi connectivity index (χ2n) is 4.54. The highest BCUT2D eigenvalue weighted by Gasteiger charge is 2.03. The highest BCUT2D eigenvalue weighted by molar-refractivity contribution is 5.37. The van der Waals surface area contributed by atoms with Gasteiger partial charge in [-0.15, -0.1) is 0 Å². The lowest BCUT2D eigenvalue weighted by molar-refractivity contribution is 0.397. The second-order valence-corrected chi connectivity index (χ2v) is 4.54. The van der Waals surface area contributed by atoms with Crippen molar-refractivity contribution in [3.8, 4) is 5.88 Å². The average molecular weight is 258 g/mol. The van der Waals surface area contributed by atoms with Crippen molar-refractivity contribution in [2.24, 2.45) is 0 Å². The lowest BCUT2D eigenvalue weighted by atomic mass is 10.1. The fraction of sp³-hybridized carbons (Fsp3) is 0.357. The molecule has 2 heterocycles. The Morgan fingerprint density at radius 2 is 2.05 bits per heavy atom. The summed E-state index contributed by atoms with van der Waals surface area (Å²) in [4.78, 5) is 12.5. The highest BCUT2D eigenvalue weighted by atomic mass is 16.5. The summed E-state index contributed by atoms with van der Waals surface area (Å²) in [6, 6.07) is 5.82. The van der Waals surface area contributed by atoms with Crippen LogP contribution < -0.4 is 10.1 Å². The predicted octanol–water partition coefficient (Wildman–Crippen LogP) is 2.62. The minimum absolute atomic E-state index is 0.393. The third-order valence-electron chi connectivity index (χ3n) is 2.76. The van der Waals surface area contributed by atoms with E-state index in [1.54, 1.807) is 19.6 Å². The van der Waals surface area contributed by atoms with Gasteiger partial charge in [0.15, 0.2) is 0 Å². The van der Waals surface area contributed by atoms with Gasteiger partial charge in [0, 0.05) is 30.6 Å². The first-order valence-electron chi connectivity index (χ1n) is 6.23. The molecule has 2 aromatic heterocycles. The molecule has 0 aliphatic heterocycles. The van der Waals surface area contributed by atoms with Crippen molar-refractivity contribution < 1.29 is 4.74 Å². The summed E-state index contributed by atoms with van der Waals surface area (Å²) in [5.74, 6) is 1.84. The molecule has 0 amide bonds. The molecule has 0 saturated heterocycles. The number of anilines is 1. The van der Waals surface area contributed by atoms with E-state index in [-0.39, 0.29) is 0 Å². The monoisotopic (exact) mass is 258 g/mol. The molecule has 0 saturated carbocycles. The second kappa shape index (κ2) is 6.13. The summed E-state index contributed by atoms with van der Waals surface area (Å²) in [5, 5.41) is 3.27. The van der Waals surface area contributed by atoms with Crippen molar-refractivity contribution in [2.75, 3.05) is 12.4 Å². The number of ether oxygens (including phenoxy) is 1. The van der Waals surface area contributed by atoms with Gasteiger partial charge < -0.3 is 10.1 Å². The van der Waals surface area contributed by atoms with E-state index in [0.29, 0.717) is 18.3 Å². The topological polar surface area (TPSA) is 59.9 Å². The number of hydrogen-bond acceptors (Lipinski definition) is 5. The Bertz CT molecular complexity index is 542. The Balaban J connectivity index is 2.03. The summed E-state index contributed by atoms with van der Waals surface area (Å²) in [7, 11) is 1.61. The van der Waals surface area contributed by atoms with E-state index in [0.717, 1.165) is 17.1 Å². The molecule has 0 aliphatic rings. The van der Waals surface area contributed by atoms with Crippen LogP contribution in [0.15, 0.2) is 30.7 Å². The zero-order valence-corrected chi connectivity index (χ0v) is 11.4. The maximum Gasteiger partial charge on any atom is 0.213 e. The molecule has 19 heavy (non-hydrogen) atoms. The molecule has 1 N–H and O–H groups in total. The summed E-state index contributed by atoms with van der Waals surface area (Å²) < 4.78 is 5.09. The molecule has 0 bridgehead atoms. The van der Waals surface area contributed by atoms with E-state index in [1.807, 2.05) is 18.2 Å². The van der Waals surface area contributed by atoms with Crippen LogP contribution in [0.25, 0.3) is 0 Å². The Kier molecular flexibility index (Phi) is 4.28. The number of hydrogen-bond donors (Lipinski definition) is 1. The average Bonchev–Trinajstić information content (AvgIpc) is 2.45. The van der Waals surface area contributed by atoms with Crippen molar-refractivity contribution in [3.63, 3.8) is 0 Å². The maximum absolute atomic E-state index is 5.09. The van der Waals surface area contributed by atoms with Crippen LogP contribution in [0.4, 0.5) is 5.82 Å². The predicted molar refractivity (Wildman–Crippen MR) is 74.2 cm³/mol.